The topological polar surface area (TPSA) is 37.7 Å². The first-order valence-corrected chi connectivity index (χ1v) is 6.05. The van der Waals surface area contributed by atoms with Crippen LogP contribution < -0.4 is 9.75 Å². The van der Waals surface area contributed by atoms with Crippen LogP contribution in [0.3, 0.4) is 0 Å². The van der Waals surface area contributed by atoms with Gasteiger partial charge in [-0.1, -0.05) is 6.07 Å². The summed E-state index contributed by atoms with van der Waals surface area (Å²) in [4.78, 5) is 4.25. The molecule has 19 heavy (non-hydrogen) atoms. The first-order valence-electron chi connectivity index (χ1n) is 6.05. The van der Waals surface area contributed by atoms with E-state index < -0.39 is 0 Å². The number of pyridine rings is 1. The molecule has 0 aliphatic carbocycles. The lowest BCUT2D eigenvalue weighted by molar-refractivity contribution is 0.415. The number of hydrazone groups is 1. The van der Waals surface area contributed by atoms with Crippen LogP contribution in [-0.4, -0.2) is 24.9 Å². The Kier molecular flexibility index (Phi) is 4.13. The third-order valence-electron chi connectivity index (χ3n) is 2.79. The Bertz CT molecular complexity index is 549. The summed E-state index contributed by atoms with van der Waals surface area (Å²) in [5, 5.41) is 6.28. The smallest absolute Gasteiger partial charge is 0.148 e. The van der Waals surface area contributed by atoms with Crippen LogP contribution in [0.2, 0.25) is 0 Å². The molecule has 0 amide bonds. The van der Waals surface area contributed by atoms with Crippen LogP contribution in [0.1, 0.15) is 12.5 Å². The molecular formula is C15H17N3O. The third kappa shape index (κ3) is 3.31. The molecule has 0 saturated carbocycles. The first-order chi connectivity index (χ1) is 9.20. The number of anilines is 1. The van der Waals surface area contributed by atoms with Gasteiger partial charge in [-0.3, -0.25) is 5.01 Å². The maximum atomic E-state index is 5.14. The molecule has 0 N–H and O–H groups in total. The van der Waals surface area contributed by atoms with E-state index in [1.165, 1.54) is 0 Å². The SMILES string of the molecule is COc1ccc(/C(C)=N/N(C)c2ccccn2)cc1. The van der Waals surface area contributed by atoms with E-state index in [0.717, 1.165) is 22.8 Å². The summed E-state index contributed by atoms with van der Waals surface area (Å²) >= 11 is 0. The van der Waals surface area contributed by atoms with Crippen molar-refractivity contribution in [1.29, 1.82) is 0 Å². The highest BCUT2D eigenvalue weighted by Gasteiger charge is 2.02. The van der Waals surface area contributed by atoms with Crippen molar-refractivity contribution in [2.24, 2.45) is 5.10 Å². The molecule has 4 heteroatoms. The predicted molar refractivity (Wildman–Crippen MR) is 77.8 cm³/mol. The van der Waals surface area contributed by atoms with Crippen molar-refractivity contribution in [3.05, 3.63) is 54.2 Å². The maximum Gasteiger partial charge on any atom is 0.148 e. The predicted octanol–water partition coefficient (Wildman–Crippen LogP) is 2.95. The first kappa shape index (κ1) is 13.1. The van der Waals surface area contributed by atoms with E-state index >= 15 is 0 Å². The minimum atomic E-state index is 0.815. The standard InChI is InChI=1S/C15H17N3O/c1-12(13-7-9-14(19-3)10-8-13)17-18(2)15-6-4-5-11-16-15/h4-11H,1-3H3/b17-12+. The summed E-state index contributed by atoms with van der Waals surface area (Å²) in [6, 6.07) is 13.6. The number of nitrogens with zero attached hydrogens (tertiary/aromatic N) is 3. The van der Waals surface area contributed by atoms with E-state index in [2.05, 4.69) is 10.1 Å². The van der Waals surface area contributed by atoms with Crippen LogP contribution in [0.15, 0.2) is 53.8 Å². The van der Waals surface area contributed by atoms with Gasteiger partial charge in [0, 0.05) is 13.2 Å². The second kappa shape index (κ2) is 6.00. The van der Waals surface area contributed by atoms with Crippen molar-refractivity contribution < 1.29 is 4.74 Å². The molecule has 0 atom stereocenters. The molecule has 0 fully saturated rings. The summed E-state index contributed by atoms with van der Waals surface area (Å²) in [7, 11) is 3.54. The molecule has 1 aromatic carbocycles. The van der Waals surface area contributed by atoms with Crippen molar-refractivity contribution in [1.82, 2.24) is 4.98 Å². The van der Waals surface area contributed by atoms with E-state index in [0.29, 0.717) is 0 Å². The quantitative estimate of drug-likeness (QED) is 0.622. The molecular weight excluding hydrogens is 238 g/mol. The van der Waals surface area contributed by atoms with E-state index in [4.69, 9.17) is 4.74 Å². The van der Waals surface area contributed by atoms with Crippen molar-refractivity contribution in [3.63, 3.8) is 0 Å². The van der Waals surface area contributed by atoms with Crippen LogP contribution in [0.25, 0.3) is 0 Å². The molecule has 98 valence electrons. The molecule has 0 aliphatic rings. The highest BCUT2D eigenvalue weighted by Crippen LogP contribution is 2.13. The normalized spacial score (nSPS) is 11.2. The molecule has 0 saturated heterocycles. The fourth-order valence-corrected chi connectivity index (χ4v) is 1.71. The Labute approximate surface area is 113 Å². The molecule has 0 radical (unpaired) electrons. The Morgan fingerprint density at radius 2 is 1.89 bits per heavy atom. The molecule has 1 aromatic heterocycles. The maximum absolute atomic E-state index is 5.14. The van der Waals surface area contributed by atoms with Gasteiger partial charge in [-0.2, -0.15) is 5.10 Å². The molecule has 2 aromatic rings. The lowest BCUT2D eigenvalue weighted by Gasteiger charge is -2.13. The average molecular weight is 255 g/mol. The monoisotopic (exact) mass is 255 g/mol. The Morgan fingerprint density at radius 1 is 1.16 bits per heavy atom. The van der Waals surface area contributed by atoms with Crippen molar-refractivity contribution in [2.75, 3.05) is 19.2 Å². The van der Waals surface area contributed by atoms with Gasteiger partial charge in [0.25, 0.3) is 0 Å². The number of benzene rings is 1. The van der Waals surface area contributed by atoms with Gasteiger partial charge in [-0.05, 0) is 48.9 Å². The van der Waals surface area contributed by atoms with Crippen LogP contribution >= 0.6 is 0 Å². The number of ether oxygens (including phenoxy) is 1. The van der Waals surface area contributed by atoms with E-state index in [1.54, 1.807) is 18.3 Å². The van der Waals surface area contributed by atoms with Gasteiger partial charge in [-0.15, -0.1) is 0 Å². The molecule has 1 heterocycles. The third-order valence-corrected chi connectivity index (χ3v) is 2.79. The van der Waals surface area contributed by atoms with Gasteiger partial charge in [0.15, 0.2) is 0 Å². The van der Waals surface area contributed by atoms with Gasteiger partial charge in [0.05, 0.1) is 12.8 Å². The van der Waals surface area contributed by atoms with Crippen molar-refractivity contribution >= 4 is 11.5 Å². The second-order valence-corrected chi connectivity index (χ2v) is 4.13. The zero-order valence-corrected chi connectivity index (χ0v) is 11.4. The zero-order chi connectivity index (χ0) is 13.7. The summed E-state index contributed by atoms with van der Waals surface area (Å²) in [5.74, 6) is 1.66. The van der Waals surface area contributed by atoms with Crippen LogP contribution in [0.5, 0.6) is 5.75 Å². The van der Waals surface area contributed by atoms with Crippen molar-refractivity contribution in [2.45, 2.75) is 6.92 Å². The number of hydrogen-bond acceptors (Lipinski definition) is 4. The highest BCUT2D eigenvalue weighted by molar-refractivity contribution is 5.99. The largest absolute Gasteiger partial charge is 0.497 e. The molecule has 4 nitrogen and oxygen atoms in total. The fraction of sp³-hybridized carbons (Fsp3) is 0.200. The Morgan fingerprint density at radius 3 is 2.47 bits per heavy atom. The van der Waals surface area contributed by atoms with Crippen molar-refractivity contribution in [3.8, 4) is 5.75 Å². The van der Waals surface area contributed by atoms with E-state index in [1.807, 2.05) is 56.4 Å². The Balaban J connectivity index is 2.18. The molecule has 0 bridgehead atoms. The highest BCUT2D eigenvalue weighted by atomic mass is 16.5. The molecule has 2 rings (SSSR count). The summed E-state index contributed by atoms with van der Waals surface area (Å²) in [6.07, 6.45) is 1.75. The number of aromatic nitrogens is 1. The van der Waals surface area contributed by atoms with Gasteiger partial charge < -0.3 is 4.74 Å². The number of hydrogen-bond donors (Lipinski definition) is 0. The zero-order valence-electron chi connectivity index (χ0n) is 11.4. The lowest BCUT2D eigenvalue weighted by atomic mass is 10.1. The molecule has 0 spiro atoms. The number of rotatable bonds is 4. The second-order valence-electron chi connectivity index (χ2n) is 4.13. The summed E-state index contributed by atoms with van der Waals surface area (Å²) in [5.41, 5.74) is 1.99. The molecule has 0 aliphatic heterocycles. The van der Waals surface area contributed by atoms with Gasteiger partial charge >= 0.3 is 0 Å². The van der Waals surface area contributed by atoms with Gasteiger partial charge in [0.1, 0.15) is 11.6 Å². The Hall–Kier alpha value is -2.36. The van der Waals surface area contributed by atoms with Crippen LogP contribution in [0, 0.1) is 0 Å². The minimum absolute atomic E-state index is 0.815. The lowest BCUT2D eigenvalue weighted by Crippen LogP contribution is -2.13. The summed E-state index contributed by atoms with van der Waals surface area (Å²) < 4.78 is 5.14. The van der Waals surface area contributed by atoms with Crippen LogP contribution in [0.4, 0.5) is 5.82 Å². The fourth-order valence-electron chi connectivity index (χ4n) is 1.71. The van der Waals surface area contributed by atoms with Crippen LogP contribution in [-0.2, 0) is 0 Å². The number of methoxy groups -OCH3 is 1. The van der Waals surface area contributed by atoms with E-state index in [9.17, 15) is 0 Å². The summed E-state index contributed by atoms with van der Waals surface area (Å²) in [6.45, 7) is 1.97. The average Bonchev–Trinajstić information content (AvgIpc) is 2.48. The molecule has 0 unspecified atom stereocenters. The van der Waals surface area contributed by atoms with Gasteiger partial charge in [0.2, 0.25) is 0 Å². The minimum Gasteiger partial charge on any atom is -0.497 e. The van der Waals surface area contributed by atoms with Gasteiger partial charge in [-0.25, -0.2) is 4.98 Å². The van der Waals surface area contributed by atoms with E-state index in [-0.39, 0.29) is 0 Å².